The maximum atomic E-state index is 12.5. The van der Waals surface area contributed by atoms with E-state index in [9.17, 15) is 19.2 Å². The number of nitrogens with zero attached hydrogens (tertiary/aromatic N) is 1. The van der Waals surface area contributed by atoms with Crippen molar-refractivity contribution < 1.29 is 38.1 Å². The largest absolute Gasteiger partial charge is 0.468 e. The number of hydrogen-bond acceptors (Lipinski definition) is 9. The molecule has 0 saturated carbocycles. The van der Waals surface area contributed by atoms with Crippen molar-refractivity contribution in [1.29, 1.82) is 5.26 Å². The van der Waals surface area contributed by atoms with Crippen LogP contribution in [-0.2, 0) is 38.1 Å². The van der Waals surface area contributed by atoms with E-state index in [0.717, 1.165) is 28.4 Å². The number of hydrogen-bond donors (Lipinski definition) is 0. The lowest BCUT2D eigenvalue weighted by molar-refractivity contribution is -0.173. The number of rotatable bonds is 9. The fourth-order valence-electron chi connectivity index (χ4n) is 2.27. The molecule has 10 heteroatoms. The highest BCUT2D eigenvalue weighted by Gasteiger charge is 2.53. The number of allylic oxidation sites excluding steroid dienone is 2. The van der Waals surface area contributed by atoms with Crippen LogP contribution in [0.3, 0.4) is 0 Å². The molecule has 0 aliphatic carbocycles. The van der Waals surface area contributed by atoms with Crippen LogP contribution in [0.25, 0.3) is 0 Å². The molecule has 0 atom stereocenters. The molecular formula is C16H20BrNO8. The average Bonchev–Trinajstić information content (AvgIpc) is 2.66. The van der Waals surface area contributed by atoms with Gasteiger partial charge in [-0.15, -0.1) is 0 Å². The summed E-state index contributed by atoms with van der Waals surface area (Å²) in [6.45, 7) is 0. The van der Waals surface area contributed by atoms with Crippen LogP contribution in [0.15, 0.2) is 10.6 Å². The Bertz CT molecular complexity index is 590. The van der Waals surface area contributed by atoms with Crippen molar-refractivity contribution in [1.82, 2.24) is 0 Å². The predicted octanol–water partition coefficient (Wildman–Crippen LogP) is 1.25. The van der Waals surface area contributed by atoms with Gasteiger partial charge in [-0.25, -0.2) is 0 Å². The molecule has 0 fully saturated rings. The normalized spacial score (nSPS) is 11.3. The smallest absolute Gasteiger partial charge is 0.323 e. The topological polar surface area (TPSA) is 129 Å². The first kappa shape index (κ1) is 23.6. The number of carbonyl (C=O) groups is 4. The number of methoxy groups -OCH3 is 4. The maximum absolute atomic E-state index is 12.5. The molecule has 0 N–H and O–H groups in total. The minimum Gasteiger partial charge on any atom is -0.468 e. The van der Waals surface area contributed by atoms with E-state index in [0.29, 0.717) is 4.48 Å². The highest BCUT2D eigenvalue weighted by molar-refractivity contribution is 9.11. The van der Waals surface area contributed by atoms with Crippen LogP contribution in [0, 0.1) is 22.7 Å². The number of nitriles is 1. The van der Waals surface area contributed by atoms with Crippen molar-refractivity contribution >= 4 is 39.8 Å². The zero-order valence-electron chi connectivity index (χ0n) is 14.9. The van der Waals surface area contributed by atoms with Gasteiger partial charge in [-0.2, -0.15) is 5.26 Å². The van der Waals surface area contributed by atoms with Gasteiger partial charge in [0.2, 0.25) is 0 Å². The summed E-state index contributed by atoms with van der Waals surface area (Å²) in [6.07, 6.45) is 0.558. The van der Waals surface area contributed by atoms with E-state index in [2.05, 4.69) is 25.4 Å². The summed E-state index contributed by atoms with van der Waals surface area (Å²) in [5.41, 5.74) is -2.03. The van der Waals surface area contributed by atoms with Gasteiger partial charge in [0.15, 0.2) is 11.3 Å². The zero-order chi connectivity index (χ0) is 20.3. The molecule has 26 heavy (non-hydrogen) atoms. The van der Waals surface area contributed by atoms with Crippen molar-refractivity contribution in [2.24, 2.45) is 11.3 Å². The summed E-state index contributed by atoms with van der Waals surface area (Å²) in [6, 6.07) is 1.88. The van der Waals surface area contributed by atoms with Crippen LogP contribution in [0.1, 0.15) is 19.3 Å². The van der Waals surface area contributed by atoms with Gasteiger partial charge in [0, 0.05) is 6.42 Å². The number of ether oxygens (including phenoxy) is 4. The molecule has 0 aromatic carbocycles. The van der Waals surface area contributed by atoms with Crippen LogP contribution in [-0.4, -0.2) is 52.3 Å². The van der Waals surface area contributed by atoms with E-state index in [1.54, 1.807) is 0 Å². The van der Waals surface area contributed by atoms with Gasteiger partial charge < -0.3 is 18.9 Å². The summed E-state index contributed by atoms with van der Waals surface area (Å²) in [5, 5.41) is 8.66. The molecule has 0 aromatic rings. The Balaban J connectivity index is 6.20. The molecule has 0 aromatic heterocycles. The SMILES string of the molecule is COC(=O)C(CC(C/C(Br)=C\CC#N)(C(=O)OC)C(=O)OC)C(=O)OC. The molecule has 0 aliphatic rings. The minimum absolute atomic E-state index is 0.0104. The average molecular weight is 434 g/mol. The van der Waals surface area contributed by atoms with E-state index in [1.807, 2.05) is 6.07 Å². The lowest BCUT2D eigenvalue weighted by Gasteiger charge is -2.30. The van der Waals surface area contributed by atoms with Gasteiger partial charge in [-0.05, 0) is 10.9 Å². The Kier molecular flexibility index (Phi) is 10.2. The first-order chi connectivity index (χ1) is 12.2. The molecule has 0 unspecified atom stereocenters. The van der Waals surface area contributed by atoms with Gasteiger partial charge in [0.05, 0.1) is 40.9 Å². The first-order valence-corrected chi connectivity index (χ1v) is 8.07. The Morgan fingerprint density at radius 1 is 1.00 bits per heavy atom. The Labute approximate surface area is 159 Å². The fraction of sp³-hybridized carbons (Fsp3) is 0.562. The second-order valence-electron chi connectivity index (χ2n) is 5.06. The van der Waals surface area contributed by atoms with E-state index in [-0.39, 0.29) is 12.8 Å². The monoisotopic (exact) mass is 433 g/mol. The molecule has 0 amide bonds. The van der Waals surface area contributed by atoms with Gasteiger partial charge in [-0.1, -0.05) is 22.0 Å². The summed E-state index contributed by atoms with van der Waals surface area (Å²) in [7, 11) is 4.22. The Hall–Kier alpha value is -2.41. The molecule has 0 saturated heterocycles. The third kappa shape index (κ3) is 5.84. The van der Waals surface area contributed by atoms with E-state index in [4.69, 9.17) is 14.7 Å². The Morgan fingerprint density at radius 2 is 1.46 bits per heavy atom. The predicted molar refractivity (Wildman–Crippen MR) is 90.5 cm³/mol. The molecule has 0 spiro atoms. The van der Waals surface area contributed by atoms with Crippen molar-refractivity contribution in [2.75, 3.05) is 28.4 Å². The van der Waals surface area contributed by atoms with E-state index in [1.165, 1.54) is 6.08 Å². The van der Waals surface area contributed by atoms with Crippen LogP contribution >= 0.6 is 15.9 Å². The summed E-state index contributed by atoms with van der Waals surface area (Å²) in [4.78, 5) is 48.9. The maximum Gasteiger partial charge on any atom is 0.323 e. The molecule has 144 valence electrons. The number of esters is 4. The van der Waals surface area contributed by atoms with Gasteiger partial charge in [0.1, 0.15) is 0 Å². The van der Waals surface area contributed by atoms with Crippen LogP contribution in [0.4, 0.5) is 0 Å². The van der Waals surface area contributed by atoms with Crippen LogP contribution < -0.4 is 0 Å². The molecule has 0 rings (SSSR count). The number of halogens is 1. The van der Waals surface area contributed by atoms with Crippen molar-refractivity contribution in [3.63, 3.8) is 0 Å². The highest BCUT2D eigenvalue weighted by atomic mass is 79.9. The molecular weight excluding hydrogens is 414 g/mol. The van der Waals surface area contributed by atoms with Gasteiger partial charge in [0.25, 0.3) is 0 Å². The van der Waals surface area contributed by atoms with Gasteiger partial charge >= 0.3 is 23.9 Å². The molecule has 0 bridgehead atoms. The second-order valence-corrected chi connectivity index (χ2v) is 6.08. The standard InChI is InChI=1S/C16H20BrNO8/c1-23-12(19)11(13(20)24-2)9-16(14(21)25-3,15(22)26-4)8-10(17)6-5-7-18/h6,11H,5,8-9H2,1-4H3/b10-6+. The van der Waals surface area contributed by atoms with E-state index < -0.39 is 41.6 Å². The molecule has 0 aliphatic heterocycles. The third-order valence-corrected chi connectivity index (χ3v) is 4.17. The van der Waals surface area contributed by atoms with Gasteiger partial charge in [-0.3, -0.25) is 19.2 Å². The first-order valence-electron chi connectivity index (χ1n) is 7.28. The van der Waals surface area contributed by atoms with Crippen molar-refractivity contribution in [3.05, 3.63) is 10.6 Å². The van der Waals surface area contributed by atoms with Crippen LogP contribution in [0.5, 0.6) is 0 Å². The molecule has 0 radical (unpaired) electrons. The summed E-state index contributed by atoms with van der Waals surface area (Å²) < 4.78 is 18.9. The Morgan fingerprint density at radius 3 is 1.81 bits per heavy atom. The summed E-state index contributed by atoms with van der Waals surface area (Å²) >= 11 is 3.17. The highest BCUT2D eigenvalue weighted by Crippen LogP contribution is 2.39. The van der Waals surface area contributed by atoms with Crippen LogP contribution in [0.2, 0.25) is 0 Å². The minimum atomic E-state index is -2.03. The molecule has 9 nitrogen and oxygen atoms in total. The zero-order valence-corrected chi connectivity index (χ0v) is 16.5. The lowest BCUT2D eigenvalue weighted by Crippen LogP contribution is -2.45. The van der Waals surface area contributed by atoms with E-state index >= 15 is 0 Å². The molecule has 0 heterocycles. The fourth-order valence-corrected chi connectivity index (χ4v) is 2.91. The lowest BCUT2D eigenvalue weighted by atomic mass is 9.76. The second kappa shape index (κ2) is 11.3. The van der Waals surface area contributed by atoms with Crippen molar-refractivity contribution in [2.45, 2.75) is 19.3 Å². The summed E-state index contributed by atoms with van der Waals surface area (Å²) in [5.74, 6) is -5.54. The quantitative estimate of drug-likeness (QED) is 0.299. The number of carbonyl (C=O) groups excluding carboxylic acids is 4. The van der Waals surface area contributed by atoms with Crippen molar-refractivity contribution in [3.8, 4) is 6.07 Å². The third-order valence-electron chi connectivity index (χ3n) is 3.56.